The Morgan fingerprint density at radius 1 is 1.57 bits per heavy atom. The first-order valence-corrected chi connectivity index (χ1v) is 3.97. The number of carboxylic acids is 1. The summed E-state index contributed by atoms with van der Waals surface area (Å²) in [7, 11) is 0. The molecule has 0 aliphatic carbocycles. The summed E-state index contributed by atoms with van der Waals surface area (Å²) >= 11 is 0. The second kappa shape index (κ2) is 4.06. The lowest BCUT2D eigenvalue weighted by molar-refractivity contribution is -0.138. The number of aromatic hydroxyl groups is 1. The monoisotopic (exact) mass is 199 g/mol. The highest BCUT2D eigenvalue weighted by molar-refractivity contribution is 5.73. The average Bonchev–Trinajstić information content (AvgIpc) is 2.11. The van der Waals surface area contributed by atoms with E-state index >= 15 is 0 Å². The lowest BCUT2D eigenvalue weighted by atomic mass is 10.1. The second-order valence-corrected chi connectivity index (χ2v) is 2.89. The average molecular weight is 199 g/mol. The van der Waals surface area contributed by atoms with Crippen molar-refractivity contribution in [1.82, 2.24) is 0 Å². The van der Waals surface area contributed by atoms with Crippen molar-refractivity contribution in [3.05, 3.63) is 29.6 Å². The highest BCUT2D eigenvalue weighted by Crippen LogP contribution is 2.20. The number of phenols is 1. The Kier molecular flexibility index (Phi) is 3.03. The van der Waals surface area contributed by atoms with Gasteiger partial charge in [-0.1, -0.05) is 6.07 Å². The SMILES string of the molecule is N[C@@H](Cc1c(O)cccc1F)C(=O)O. The summed E-state index contributed by atoms with van der Waals surface area (Å²) in [6.07, 6.45) is -0.228. The molecule has 0 aromatic heterocycles. The summed E-state index contributed by atoms with van der Waals surface area (Å²) < 4.78 is 13.1. The van der Waals surface area contributed by atoms with Crippen molar-refractivity contribution >= 4 is 5.97 Å². The maximum absolute atomic E-state index is 13.1. The second-order valence-electron chi connectivity index (χ2n) is 2.89. The molecule has 0 radical (unpaired) electrons. The van der Waals surface area contributed by atoms with Crippen molar-refractivity contribution < 1.29 is 19.4 Å². The lowest BCUT2D eigenvalue weighted by Crippen LogP contribution is -2.32. The van der Waals surface area contributed by atoms with Gasteiger partial charge >= 0.3 is 5.97 Å². The van der Waals surface area contributed by atoms with E-state index in [2.05, 4.69) is 0 Å². The van der Waals surface area contributed by atoms with Gasteiger partial charge in [0, 0.05) is 12.0 Å². The predicted octanol–water partition coefficient (Wildman–Crippen LogP) is 0.486. The fourth-order valence-corrected chi connectivity index (χ4v) is 1.06. The molecule has 0 unspecified atom stereocenters. The molecule has 14 heavy (non-hydrogen) atoms. The molecule has 1 aromatic carbocycles. The fourth-order valence-electron chi connectivity index (χ4n) is 1.06. The van der Waals surface area contributed by atoms with Gasteiger partial charge in [-0.25, -0.2) is 4.39 Å². The van der Waals surface area contributed by atoms with Crippen LogP contribution in [0.5, 0.6) is 5.75 Å². The van der Waals surface area contributed by atoms with Gasteiger partial charge in [0.15, 0.2) is 0 Å². The molecule has 1 rings (SSSR count). The van der Waals surface area contributed by atoms with Crippen molar-refractivity contribution in [3.63, 3.8) is 0 Å². The molecule has 76 valence electrons. The minimum atomic E-state index is -1.23. The lowest BCUT2D eigenvalue weighted by Gasteiger charge is -2.08. The van der Waals surface area contributed by atoms with Gasteiger partial charge in [0.05, 0.1) is 0 Å². The Balaban J connectivity index is 2.91. The summed E-state index contributed by atoms with van der Waals surface area (Å²) in [5.41, 5.74) is 5.14. The third-order valence-corrected chi connectivity index (χ3v) is 1.84. The van der Waals surface area contributed by atoms with E-state index in [1.54, 1.807) is 0 Å². The van der Waals surface area contributed by atoms with Crippen molar-refractivity contribution in [1.29, 1.82) is 0 Å². The molecular weight excluding hydrogens is 189 g/mol. The molecule has 1 aromatic rings. The third-order valence-electron chi connectivity index (χ3n) is 1.84. The Labute approximate surface area is 79.8 Å². The zero-order chi connectivity index (χ0) is 10.7. The van der Waals surface area contributed by atoms with Crippen molar-refractivity contribution in [3.8, 4) is 5.75 Å². The molecular formula is C9H10FNO3. The number of halogens is 1. The topological polar surface area (TPSA) is 83.5 Å². The minimum absolute atomic E-state index is 0.0672. The number of rotatable bonds is 3. The largest absolute Gasteiger partial charge is 0.508 e. The fraction of sp³-hybridized carbons (Fsp3) is 0.222. The van der Waals surface area contributed by atoms with Crippen LogP contribution in [0.1, 0.15) is 5.56 Å². The molecule has 0 saturated heterocycles. The van der Waals surface area contributed by atoms with Crippen LogP contribution < -0.4 is 5.73 Å². The number of phenolic OH excluding ortho intramolecular Hbond substituents is 1. The van der Waals surface area contributed by atoms with Crippen LogP contribution >= 0.6 is 0 Å². The van der Waals surface area contributed by atoms with Gasteiger partial charge in [0.2, 0.25) is 0 Å². The number of hydrogen-bond acceptors (Lipinski definition) is 3. The summed E-state index contributed by atoms with van der Waals surface area (Å²) in [6, 6.07) is 2.55. The van der Waals surface area contributed by atoms with Crippen molar-refractivity contribution in [2.75, 3.05) is 0 Å². The van der Waals surface area contributed by atoms with E-state index in [0.29, 0.717) is 0 Å². The van der Waals surface area contributed by atoms with Gasteiger partial charge < -0.3 is 15.9 Å². The first-order chi connectivity index (χ1) is 6.52. The van der Waals surface area contributed by atoms with E-state index in [-0.39, 0.29) is 17.7 Å². The Bertz CT molecular complexity index is 334. The Morgan fingerprint density at radius 3 is 2.71 bits per heavy atom. The van der Waals surface area contributed by atoms with E-state index in [0.717, 1.165) is 6.07 Å². The maximum Gasteiger partial charge on any atom is 0.320 e. The molecule has 0 amide bonds. The van der Waals surface area contributed by atoms with E-state index in [9.17, 15) is 14.3 Å². The number of nitrogens with two attached hydrogens (primary N) is 1. The third kappa shape index (κ3) is 2.20. The molecule has 0 aliphatic rings. The smallest absolute Gasteiger partial charge is 0.320 e. The van der Waals surface area contributed by atoms with Crippen LogP contribution in [0.4, 0.5) is 4.39 Å². The zero-order valence-corrected chi connectivity index (χ0v) is 7.27. The predicted molar refractivity (Wildman–Crippen MR) is 47.4 cm³/mol. The van der Waals surface area contributed by atoms with Crippen molar-refractivity contribution in [2.45, 2.75) is 12.5 Å². The van der Waals surface area contributed by atoms with E-state index < -0.39 is 17.8 Å². The Hall–Kier alpha value is -1.62. The van der Waals surface area contributed by atoms with Gasteiger partial charge in [0.25, 0.3) is 0 Å². The summed E-state index contributed by atoms with van der Waals surface area (Å²) in [5.74, 6) is -2.16. The van der Waals surface area contributed by atoms with Gasteiger partial charge in [-0.2, -0.15) is 0 Å². The van der Waals surface area contributed by atoms with Crippen LogP contribution in [0, 0.1) is 5.82 Å². The zero-order valence-electron chi connectivity index (χ0n) is 7.27. The Morgan fingerprint density at radius 2 is 2.21 bits per heavy atom. The molecule has 4 N–H and O–H groups in total. The van der Waals surface area contributed by atoms with Crippen LogP contribution in [0.15, 0.2) is 18.2 Å². The first-order valence-electron chi connectivity index (χ1n) is 3.97. The van der Waals surface area contributed by atoms with Crippen LogP contribution in [-0.2, 0) is 11.2 Å². The van der Waals surface area contributed by atoms with E-state index in [4.69, 9.17) is 10.8 Å². The molecule has 4 nitrogen and oxygen atoms in total. The molecule has 5 heteroatoms. The number of benzene rings is 1. The van der Waals surface area contributed by atoms with Crippen LogP contribution in [0.3, 0.4) is 0 Å². The first kappa shape index (κ1) is 10.5. The highest BCUT2D eigenvalue weighted by Gasteiger charge is 2.17. The van der Waals surface area contributed by atoms with E-state index in [1.807, 2.05) is 0 Å². The van der Waals surface area contributed by atoms with E-state index in [1.165, 1.54) is 12.1 Å². The van der Waals surface area contributed by atoms with Crippen LogP contribution in [-0.4, -0.2) is 22.2 Å². The maximum atomic E-state index is 13.1. The summed E-state index contributed by atoms with van der Waals surface area (Å²) in [6.45, 7) is 0. The van der Waals surface area contributed by atoms with Crippen molar-refractivity contribution in [2.24, 2.45) is 5.73 Å². The summed E-state index contributed by atoms with van der Waals surface area (Å²) in [4.78, 5) is 10.4. The van der Waals surface area contributed by atoms with Crippen LogP contribution in [0.25, 0.3) is 0 Å². The normalized spacial score (nSPS) is 12.4. The quantitative estimate of drug-likeness (QED) is 0.661. The van der Waals surface area contributed by atoms with Crippen LogP contribution in [0.2, 0.25) is 0 Å². The standard InChI is InChI=1S/C9H10FNO3/c10-6-2-1-3-8(12)5(6)4-7(11)9(13)14/h1-3,7,12H,4,11H2,(H,13,14)/t7-/m0/s1. The molecule has 0 bridgehead atoms. The number of hydrogen-bond donors (Lipinski definition) is 3. The van der Waals surface area contributed by atoms with Gasteiger partial charge in [0.1, 0.15) is 17.6 Å². The van der Waals surface area contributed by atoms with Gasteiger partial charge in [-0.15, -0.1) is 0 Å². The molecule has 0 fully saturated rings. The molecule has 0 saturated carbocycles. The molecule has 0 spiro atoms. The van der Waals surface area contributed by atoms with Gasteiger partial charge in [-0.3, -0.25) is 4.79 Å². The number of aliphatic carboxylic acids is 1. The molecule has 0 aliphatic heterocycles. The minimum Gasteiger partial charge on any atom is -0.508 e. The molecule has 1 atom stereocenters. The molecule has 0 heterocycles. The highest BCUT2D eigenvalue weighted by atomic mass is 19.1. The number of carbonyl (C=O) groups is 1. The number of carboxylic acid groups (broad SMARTS) is 1. The van der Waals surface area contributed by atoms with Gasteiger partial charge in [-0.05, 0) is 12.1 Å². The summed E-state index contributed by atoms with van der Waals surface area (Å²) in [5, 5.41) is 17.7.